The highest BCUT2D eigenvalue weighted by Crippen LogP contribution is 2.23. The maximum atomic E-state index is 11.2. The number of carboxylic acid groups (broad SMARTS) is 1. The Morgan fingerprint density at radius 2 is 2.16 bits per heavy atom. The molecule has 25 heavy (non-hydrogen) atoms. The lowest BCUT2D eigenvalue weighted by atomic mass is 10.0. The molecular formula is C17H14ClN3O2S2. The van der Waals surface area contributed by atoms with Crippen molar-refractivity contribution in [2.24, 2.45) is 0 Å². The Bertz CT molecular complexity index is 929. The third-order valence-electron chi connectivity index (χ3n) is 3.55. The van der Waals surface area contributed by atoms with Crippen LogP contribution in [0.25, 0.3) is 10.1 Å². The van der Waals surface area contributed by atoms with Gasteiger partial charge in [-0.1, -0.05) is 23.7 Å². The van der Waals surface area contributed by atoms with Crippen LogP contribution in [0, 0.1) is 0 Å². The van der Waals surface area contributed by atoms with Gasteiger partial charge in [0.2, 0.25) is 0 Å². The number of anilines is 1. The summed E-state index contributed by atoms with van der Waals surface area (Å²) in [7, 11) is 0. The molecule has 0 bridgehead atoms. The van der Waals surface area contributed by atoms with Crippen molar-refractivity contribution in [3.63, 3.8) is 0 Å². The molecule has 1 unspecified atom stereocenters. The quantitative estimate of drug-likeness (QED) is 0.558. The van der Waals surface area contributed by atoms with Crippen molar-refractivity contribution in [2.75, 3.05) is 5.32 Å². The van der Waals surface area contributed by atoms with Crippen LogP contribution < -0.4 is 10.6 Å². The molecule has 0 aliphatic carbocycles. The van der Waals surface area contributed by atoms with Crippen LogP contribution in [0.5, 0.6) is 0 Å². The molecule has 128 valence electrons. The molecule has 2 aromatic carbocycles. The number of benzene rings is 2. The smallest absolute Gasteiger partial charge is 0.305 e. The molecule has 1 atom stereocenters. The summed E-state index contributed by atoms with van der Waals surface area (Å²) in [5, 5.41) is 17.2. The highest BCUT2D eigenvalue weighted by Gasteiger charge is 2.17. The van der Waals surface area contributed by atoms with E-state index in [0.717, 1.165) is 21.3 Å². The second kappa shape index (κ2) is 7.77. The molecule has 1 heterocycles. The van der Waals surface area contributed by atoms with Crippen LogP contribution in [0.2, 0.25) is 5.02 Å². The minimum atomic E-state index is -0.925. The van der Waals surface area contributed by atoms with E-state index in [1.165, 1.54) is 11.5 Å². The van der Waals surface area contributed by atoms with Crippen molar-refractivity contribution < 1.29 is 9.90 Å². The second-order valence-electron chi connectivity index (χ2n) is 5.38. The van der Waals surface area contributed by atoms with Gasteiger partial charge in [-0.3, -0.25) is 4.79 Å². The van der Waals surface area contributed by atoms with Gasteiger partial charge in [0.1, 0.15) is 0 Å². The van der Waals surface area contributed by atoms with E-state index in [9.17, 15) is 4.79 Å². The van der Waals surface area contributed by atoms with E-state index in [0.29, 0.717) is 10.1 Å². The first kappa shape index (κ1) is 17.6. The Hall–Kier alpha value is -2.22. The maximum Gasteiger partial charge on any atom is 0.305 e. The normalized spacial score (nSPS) is 11.9. The Morgan fingerprint density at radius 3 is 2.92 bits per heavy atom. The Kier molecular flexibility index (Phi) is 5.47. The molecule has 0 fully saturated rings. The predicted octanol–water partition coefficient (Wildman–Crippen LogP) is 4.45. The molecule has 1 aromatic heterocycles. The summed E-state index contributed by atoms with van der Waals surface area (Å²) in [4.78, 5) is 11.2. The first-order chi connectivity index (χ1) is 12.0. The van der Waals surface area contributed by atoms with Crippen molar-refractivity contribution in [2.45, 2.75) is 12.5 Å². The third kappa shape index (κ3) is 4.66. The van der Waals surface area contributed by atoms with Crippen molar-refractivity contribution in [1.82, 2.24) is 9.69 Å². The summed E-state index contributed by atoms with van der Waals surface area (Å²) in [6, 6.07) is 12.4. The van der Waals surface area contributed by atoms with Crippen LogP contribution in [0.15, 0.2) is 48.7 Å². The number of rotatable bonds is 5. The fourth-order valence-corrected chi connectivity index (χ4v) is 3.51. The lowest BCUT2D eigenvalue weighted by Crippen LogP contribution is -2.33. The number of hydrogen-bond acceptors (Lipinski definition) is 4. The molecule has 0 spiro atoms. The number of thiocarbonyl (C=S) groups is 1. The van der Waals surface area contributed by atoms with Gasteiger partial charge in [-0.2, -0.15) is 4.37 Å². The highest BCUT2D eigenvalue weighted by molar-refractivity contribution is 7.80. The molecule has 5 nitrogen and oxygen atoms in total. The SMILES string of the molecule is O=C(O)CC(NC(=S)Nc1ccc2sncc2c1)c1cccc(Cl)c1. The number of aliphatic carboxylic acids is 1. The van der Waals surface area contributed by atoms with Crippen LogP contribution in [-0.4, -0.2) is 20.6 Å². The average Bonchev–Trinajstić information content (AvgIpc) is 3.01. The standard InChI is InChI=1S/C17H14ClN3O2S2/c18-12-3-1-2-10(6-12)14(8-16(22)23)21-17(24)20-13-4-5-15-11(7-13)9-19-25-15/h1-7,9,14H,8H2,(H,22,23)(H2,20,21,24). The molecule has 3 N–H and O–H groups in total. The molecule has 0 radical (unpaired) electrons. The summed E-state index contributed by atoms with van der Waals surface area (Å²) >= 11 is 12.8. The van der Waals surface area contributed by atoms with Crippen LogP contribution in [0.3, 0.4) is 0 Å². The molecule has 0 aliphatic rings. The molecular weight excluding hydrogens is 378 g/mol. The Balaban J connectivity index is 1.74. The molecule has 0 saturated carbocycles. The number of halogens is 1. The van der Waals surface area contributed by atoms with Gasteiger partial charge in [0.15, 0.2) is 5.11 Å². The van der Waals surface area contributed by atoms with Gasteiger partial charge in [-0.05, 0) is 59.6 Å². The highest BCUT2D eigenvalue weighted by atomic mass is 35.5. The molecule has 0 aliphatic heterocycles. The second-order valence-corrected chi connectivity index (χ2v) is 7.06. The zero-order valence-electron chi connectivity index (χ0n) is 12.9. The average molecular weight is 392 g/mol. The fourth-order valence-electron chi connectivity index (χ4n) is 2.43. The van der Waals surface area contributed by atoms with Crippen LogP contribution in [0.1, 0.15) is 18.0 Å². The topological polar surface area (TPSA) is 74.2 Å². The molecule has 0 saturated heterocycles. The Labute approximate surface area is 158 Å². The zero-order valence-corrected chi connectivity index (χ0v) is 15.3. The van der Waals surface area contributed by atoms with Crippen LogP contribution in [0.4, 0.5) is 5.69 Å². The fraction of sp³-hybridized carbons (Fsp3) is 0.118. The largest absolute Gasteiger partial charge is 0.481 e. The van der Waals surface area contributed by atoms with Crippen molar-refractivity contribution in [3.05, 3.63) is 59.2 Å². The van der Waals surface area contributed by atoms with Gasteiger partial charge >= 0.3 is 5.97 Å². The van der Waals surface area contributed by atoms with Gasteiger partial charge in [-0.25, -0.2) is 0 Å². The minimum Gasteiger partial charge on any atom is -0.481 e. The number of nitrogens with zero attached hydrogens (tertiary/aromatic N) is 1. The van der Waals surface area contributed by atoms with Gasteiger partial charge in [0, 0.05) is 22.3 Å². The lowest BCUT2D eigenvalue weighted by Gasteiger charge is -2.20. The van der Waals surface area contributed by atoms with Crippen molar-refractivity contribution >= 4 is 62.2 Å². The number of hydrogen-bond donors (Lipinski definition) is 3. The van der Waals surface area contributed by atoms with Gasteiger partial charge in [0.25, 0.3) is 0 Å². The number of carbonyl (C=O) groups is 1. The number of fused-ring (bicyclic) bond motifs is 1. The summed E-state index contributed by atoms with van der Waals surface area (Å²) in [5.74, 6) is -0.925. The van der Waals surface area contributed by atoms with Gasteiger partial charge in [-0.15, -0.1) is 0 Å². The summed E-state index contributed by atoms with van der Waals surface area (Å²) in [6.45, 7) is 0. The van der Waals surface area contributed by atoms with Gasteiger partial charge in [0.05, 0.1) is 17.2 Å². The predicted molar refractivity (Wildman–Crippen MR) is 105 cm³/mol. The van der Waals surface area contributed by atoms with E-state index in [4.69, 9.17) is 28.9 Å². The maximum absolute atomic E-state index is 11.2. The summed E-state index contributed by atoms with van der Waals surface area (Å²) in [5.41, 5.74) is 1.57. The summed E-state index contributed by atoms with van der Waals surface area (Å²) in [6.07, 6.45) is 1.68. The third-order valence-corrected chi connectivity index (χ3v) is 4.78. The van der Waals surface area contributed by atoms with E-state index in [2.05, 4.69) is 15.0 Å². The lowest BCUT2D eigenvalue weighted by molar-refractivity contribution is -0.137. The number of carboxylic acids is 1. The van der Waals surface area contributed by atoms with Crippen LogP contribution >= 0.6 is 35.4 Å². The first-order valence-corrected chi connectivity index (χ1v) is 8.96. The van der Waals surface area contributed by atoms with E-state index < -0.39 is 12.0 Å². The monoisotopic (exact) mass is 391 g/mol. The van der Waals surface area contributed by atoms with Crippen molar-refractivity contribution in [1.29, 1.82) is 0 Å². The molecule has 8 heteroatoms. The summed E-state index contributed by atoms with van der Waals surface area (Å²) < 4.78 is 5.23. The first-order valence-electron chi connectivity index (χ1n) is 7.40. The van der Waals surface area contributed by atoms with Crippen LogP contribution in [-0.2, 0) is 4.79 Å². The zero-order chi connectivity index (χ0) is 17.8. The number of nitrogens with one attached hydrogen (secondary N) is 2. The van der Waals surface area contributed by atoms with E-state index in [1.54, 1.807) is 24.4 Å². The van der Waals surface area contributed by atoms with Gasteiger partial charge < -0.3 is 15.7 Å². The number of aromatic nitrogens is 1. The van der Waals surface area contributed by atoms with E-state index >= 15 is 0 Å². The van der Waals surface area contributed by atoms with E-state index in [1.807, 2.05) is 24.3 Å². The van der Waals surface area contributed by atoms with E-state index in [-0.39, 0.29) is 6.42 Å². The molecule has 3 rings (SSSR count). The minimum absolute atomic E-state index is 0.115. The Morgan fingerprint density at radius 1 is 1.32 bits per heavy atom. The molecule has 3 aromatic rings. The molecule has 0 amide bonds. The van der Waals surface area contributed by atoms with Crippen molar-refractivity contribution in [3.8, 4) is 0 Å².